The Labute approximate surface area is 234 Å². The fraction of sp³-hybridized carbons (Fsp3) is 0.333. The molecule has 5 rings (SSSR count). The van der Waals surface area contributed by atoms with Gasteiger partial charge >= 0.3 is 11.6 Å². The average Bonchev–Trinajstić information content (AvgIpc) is 3.18. The van der Waals surface area contributed by atoms with E-state index in [2.05, 4.69) is 16.8 Å². The first-order valence-electron chi connectivity index (χ1n) is 13.0. The number of amides is 1. The highest BCUT2D eigenvalue weighted by molar-refractivity contribution is 5.97. The highest BCUT2D eigenvalue weighted by Crippen LogP contribution is 2.42. The SMILES string of the molecule is Cc1cn([C@@H]2O[C@H](CO)[C@@H](O)C2(F)F)c(=O)nc1CC(=O)CCC(=O)N1Cc2ccccc2C#Cc2ccccc21. The lowest BCUT2D eigenvalue weighted by Gasteiger charge is -2.26. The Hall–Kier alpha value is -4.24. The number of aliphatic hydroxyl groups is 2. The highest BCUT2D eigenvalue weighted by Gasteiger charge is 2.59. The normalized spacial score (nSPS) is 20.7. The lowest BCUT2D eigenvalue weighted by atomic mass is 10.0. The molecule has 3 atom stereocenters. The van der Waals surface area contributed by atoms with E-state index in [0.717, 1.165) is 17.3 Å². The Bertz CT molecular complexity index is 1630. The summed E-state index contributed by atoms with van der Waals surface area (Å²) in [5.41, 5.74) is 2.30. The largest absolute Gasteiger partial charge is 0.394 e. The van der Waals surface area contributed by atoms with Crippen LogP contribution in [0.3, 0.4) is 0 Å². The van der Waals surface area contributed by atoms with Crippen LogP contribution in [0, 0.1) is 18.8 Å². The molecule has 1 fully saturated rings. The first kappa shape index (κ1) is 28.3. The van der Waals surface area contributed by atoms with E-state index in [0.29, 0.717) is 15.8 Å². The van der Waals surface area contributed by atoms with Gasteiger partial charge in [-0.1, -0.05) is 42.2 Å². The van der Waals surface area contributed by atoms with E-state index in [-0.39, 0.29) is 48.8 Å². The number of hydrogen-bond acceptors (Lipinski definition) is 7. The Morgan fingerprint density at radius 2 is 1.78 bits per heavy atom. The van der Waals surface area contributed by atoms with Crippen molar-refractivity contribution in [2.24, 2.45) is 0 Å². The molecule has 2 aliphatic heterocycles. The van der Waals surface area contributed by atoms with Crippen molar-refractivity contribution in [1.29, 1.82) is 0 Å². The van der Waals surface area contributed by atoms with Crippen molar-refractivity contribution in [1.82, 2.24) is 9.55 Å². The Morgan fingerprint density at radius 1 is 1.10 bits per heavy atom. The van der Waals surface area contributed by atoms with Crippen LogP contribution >= 0.6 is 0 Å². The van der Waals surface area contributed by atoms with E-state index in [1.54, 1.807) is 11.0 Å². The number of rotatable bonds is 7. The summed E-state index contributed by atoms with van der Waals surface area (Å²) in [5, 5.41) is 19.0. The minimum absolute atomic E-state index is 0.0880. The number of aryl methyl sites for hydroxylation is 1. The zero-order valence-corrected chi connectivity index (χ0v) is 22.1. The molecule has 1 amide bonds. The molecule has 41 heavy (non-hydrogen) atoms. The number of carbonyl (C=O) groups excluding carboxylic acids is 2. The topological polar surface area (TPSA) is 122 Å². The van der Waals surface area contributed by atoms with E-state index in [1.807, 2.05) is 42.5 Å². The van der Waals surface area contributed by atoms with Gasteiger partial charge in [-0.15, -0.1) is 0 Å². The predicted molar refractivity (Wildman–Crippen MR) is 143 cm³/mol. The molecular formula is C30H27F2N3O6. The summed E-state index contributed by atoms with van der Waals surface area (Å²) >= 11 is 0. The van der Waals surface area contributed by atoms with Crippen molar-refractivity contribution in [3.05, 3.63) is 93.2 Å². The number of ether oxygens (including phenoxy) is 1. The van der Waals surface area contributed by atoms with E-state index in [4.69, 9.17) is 4.74 Å². The molecule has 11 heteroatoms. The lowest BCUT2D eigenvalue weighted by molar-refractivity contribution is -0.141. The van der Waals surface area contributed by atoms with E-state index >= 15 is 0 Å². The number of carbonyl (C=O) groups is 2. The van der Waals surface area contributed by atoms with Gasteiger partial charge in [-0.05, 0) is 36.2 Å². The van der Waals surface area contributed by atoms with E-state index in [9.17, 15) is 33.4 Å². The van der Waals surface area contributed by atoms with Gasteiger partial charge in [0.1, 0.15) is 11.9 Å². The average molecular weight is 564 g/mol. The number of aliphatic hydroxyl groups excluding tert-OH is 2. The van der Waals surface area contributed by atoms with Crippen LogP contribution in [0.4, 0.5) is 14.5 Å². The third-order valence-electron chi connectivity index (χ3n) is 7.21. The summed E-state index contributed by atoms with van der Waals surface area (Å²) in [7, 11) is 0. The third-order valence-corrected chi connectivity index (χ3v) is 7.21. The molecule has 9 nitrogen and oxygen atoms in total. The number of halogens is 2. The van der Waals surface area contributed by atoms with E-state index < -0.39 is 36.7 Å². The molecule has 1 aromatic heterocycles. The molecule has 3 aromatic rings. The minimum atomic E-state index is -3.85. The van der Waals surface area contributed by atoms with Crippen molar-refractivity contribution >= 4 is 17.4 Å². The molecule has 2 aromatic carbocycles. The van der Waals surface area contributed by atoms with Gasteiger partial charge < -0.3 is 19.8 Å². The second-order valence-corrected chi connectivity index (χ2v) is 10.0. The van der Waals surface area contributed by atoms with Gasteiger partial charge in [-0.2, -0.15) is 13.8 Å². The summed E-state index contributed by atoms with van der Waals surface area (Å²) in [4.78, 5) is 44.3. The number of ketones is 1. The highest BCUT2D eigenvalue weighted by atomic mass is 19.3. The van der Waals surface area contributed by atoms with Crippen LogP contribution in [0.1, 0.15) is 47.0 Å². The Morgan fingerprint density at radius 3 is 2.51 bits per heavy atom. The predicted octanol–water partition coefficient (Wildman–Crippen LogP) is 2.28. The molecule has 0 unspecified atom stereocenters. The molecule has 0 radical (unpaired) electrons. The molecule has 0 bridgehead atoms. The Kier molecular flexibility index (Phi) is 7.82. The van der Waals surface area contributed by atoms with Gasteiger partial charge in [0.2, 0.25) is 12.1 Å². The van der Waals surface area contributed by atoms with Crippen LogP contribution in [-0.4, -0.2) is 56.2 Å². The van der Waals surface area contributed by atoms with Gasteiger partial charge in [0.25, 0.3) is 0 Å². The molecule has 0 saturated carbocycles. The number of hydrogen-bond donors (Lipinski definition) is 2. The fourth-order valence-corrected chi connectivity index (χ4v) is 4.93. The zero-order valence-electron chi connectivity index (χ0n) is 22.1. The van der Waals surface area contributed by atoms with Crippen LogP contribution < -0.4 is 10.6 Å². The van der Waals surface area contributed by atoms with Gasteiger partial charge in [0.05, 0.1) is 24.5 Å². The van der Waals surface area contributed by atoms with Crippen LogP contribution in [0.15, 0.2) is 59.5 Å². The number of alkyl halides is 2. The maximum absolute atomic E-state index is 14.5. The second kappa shape index (κ2) is 11.3. The molecule has 2 aliphatic rings. The molecule has 0 aliphatic carbocycles. The molecule has 0 spiro atoms. The van der Waals surface area contributed by atoms with Crippen molar-refractivity contribution in [2.75, 3.05) is 11.5 Å². The smallest absolute Gasteiger partial charge is 0.350 e. The number of nitrogens with zero attached hydrogens (tertiary/aromatic N) is 3. The molecule has 3 heterocycles. The standard InChI is InChI=1S/C30H27F2N3O6/c1-18-15-35(28-30(31,32)27(39)25(17-36)41-28)29(40)33-23(18)14-22(37)12-13-26(38)34-16-21-8-3-2-6-19(21)10-11-20-7-4-5-9-24(20)34/h2-9,15,25,27-28,36,39H,12-14,16-17H2,1H3/t25-,27-,28-/m1/s1. The number of para-hydroxylation sites is 1. The fourth-order valence-electron chi connectivity index (χ4n) is 4.93. The van der Waals surface area contributed by atoms with Gasteiger partial charge in [0.15, 0.2) is 6.10 Å². The second-order valence-electron chi connectivity index (χ2n) is 10.0. The number of Topliss-reactive ketones (excluding diaryl/α,β-unsaturated/α-hetero) is 1. The molecule has 212 valence electrons. The first-order valence-corrected chi connectivity index (χ1v) is 13.0. The number of fused-ring (bicyclic) bond motifs is 2. The Balaban J connectivity index is 1.29. The first-order chi connectivity index (χ1) is 19.6. The van der Waals surface area contributed by atoms with Gasteiger partial charge in [0, 0.05) is 36.6 Å². The van der Waals surface area contributed by atoms with Crippen molar-refractivity contribution in [3.8, 4) is 11.8 Å². The zero-order chi connectivity index (χ0) is 29.3. The number of aromatic nitrogens is 2. The number of benzene rings is 2. The maximum atomic E-state index is 14.5. The van der Waals surface area contributed by atoms with Crippen molar-refractivity contribution in [2.45, 2.75) is 57.1 Å². The summed E-state index contributed by atoms with van der Waals surface area (Å²) in [6.45, 7) is 0.926. The molecule has 2 N–H and O–H groups in total. The van der Waals surface area contributed by atoms with Crippen LogP contribution in [0.25, 0.3) is 0 Å². The van der Waals surface area contributed by atoms with Crippen molar-refractivity contribution < 1.29 is 33.3 Å². The summed E-state index contributed by atoms with van der Waals surface area (Å²) in [6, 6.07) is 14.8. The van der Waals surface area contributed by atoms with Crippen LogP contribution in [0.2, 0.25) is 0 Å². The molecule has 1 saturated heterocycles. The minimum Gasteiger partial charge on any atom is -0.394 e. The summed E-state index contributed by atoms with van der Waals surface area (Å²) in [5.74, 6) is 1.79. The molecular weight excluding hydrogens is 536 g/mol. The van der Waals surface area contributed by atoms with E-state index in [1.165, 1.54) is 6.92 Å². The van der Waals surface area contributed by atoms with Crippen LogP contribution in [0.5, 0.6) is 0 Å². The van der Waals surface area contributed by atoms with Crippen LogP contribution in [-0.2, 0) is 27.3 Å². The summed E-state index contributed by atoms with van der Waals surface area (Å²) < 4.78 is 34.6. The monoisotopic (exact) mass is 563 g/mol. The van der Waals surface area contributed by atoms with Gasteiger partial charge in [-0.25, -0.2) is 4.79 Å². The van der Waals surface area contributed by atoms with Gasteiger partial charge in [-0.3, -0.25) is 14.2 Å². The number of anilines is 1. The summed E-state index contributed by atoms with van der Waals surface area (Å²) in [6.07, 6.45) is -5.43. The quantitative estimate of drug-likeness (QED) is 0.423. The maximum Gasteiger partial charge on any atom is 0.350 e. The third kappa shape index (κ3) is 5.54. The lowest BCUT2D eigenvalue weighted by Crippen LogP contribution is -2.42. The van der Waals surface area contributed by atoms with Crippen molar-refractivity contribution in [3.63, 3.8) is 0 Å².